The Kier molecular flexibility index (Phi) is 24.1. The number of nitrogens with zero attached hydrogens (tertiary/aromatic N) is 2. The summed E-state index contributed by atoms with van der Waals surface area (Å²) < 4.78 is 160. The van der Waals surface area contributed by atoms with Crippen molar-refractivity contribution >= 4 is 157 Å². The molecule has 0 saturated heterocycles. The Labute approximate surface area is 551 Å². The number of fused-ring (bicyclic) bond motifs is 2. The number of halogens is 4. The fraction of sp³-hybridized carbons (Fsp3) is 0.0476. The van der Waals surface area contributed by atoms with Crippen LogP contribution in [-0.2, 0) is 40.5 Å². The predicted octanol–water partition coefficient (Wildman–Crippen LogP) is -6.25. The SMILES string of the molecule is COc1cc(N/N=C2\C(=O)c3c(cc(S(=O)(=O)[O-])cc3NC(=O)c3ccc(Cl)cc3Cl)C=C2S(=O)(=O)[O-])c(OC)cc1N/N=C1/C(=O)c2c(cc(S(=O)(=O)[O-])cc2NC(=O)c2cccc(Cl)c2Cl)C=C1S(=O)(=O)[O-].[Na+].[Na+].[Na+].[Na+]. The van der Waals surface area contributed by atoms with Gasteiger partial charge in [0.05, 0.1) is 82.5 Å². The summed E-state index contributed by atoms with van der Waals surface area (Å²) in [6.45, 7) is 0. The second-order valence-electron chi connectivity index (χ2n) is 14.9. The number of carbonyl (C=O) groups is 4. The van der Waals surface area contributed by atoms with E-state index in [1.165, 1.54) is 36.4 Å². The van der Waals surface area contributed by atoms with Crippen LogP contribution in [0.2, 0.25) is 20.1 Å². The van der Waals surface area contributed by atoms with Crippen LogP contribution in [0.3, 0.4) is 0 Å². The van der Waals surface area contributed by atoms with Gasteiger partial charge >= 0.3 is 118 Å². The Morgan fingerprint density at radius 1 is 0.513 bits per heavy atom. The predicted molar refractivity (Wildman–Crippen MR) is 263 cm³/mol. The summed E-state index contributed by atoms with van der Waals surface area (Å²) in [5.41, 5.74) is -2.72. The van der Waals surface area contributed by atoms with Crippen LogP contribution in [0.15, 0.2) is 103 Å². The number of allylic oxidation sites excluding steroid dienone is 2. The number of rotatable bonds is 14. The van der Waals surface area contributed by atoms with Crippen LogP contribution in [0.1, 0.15) is 52.6 Å². The number of benzene rings is 5. The topological polar surface area (TPSA) is 388 Å². The standard InChI is InChI=1S/C42H28Cl4N6O18S4.4Na/c1-69-30-16-27(50-52-38-33(74(66,67)68)11-18-9-21(72(60,61)62)14-29(35(18)40(38)54)48-42(56)23-4-3-5-24(44)36(23)46)31(70-2)15-26(30)49-51-37-32(73(63,64)65)10-17-8-20(71(57,58)59)13-28(34(17)39(37)53)47-41(55)22-7-6-19(43)12-25(22)45;;;;/h3-16,49-50H,1-2H3,(H,47,55)(H,48,56)(H,57,58,59)(H,60,61,62)(H,63,64,65)(H,66,67,68);;;;/q;4*+1/p-4/b51-37-,52-38+;;;;. The largest absolute Gasteiger partial charge is 1.00 e. The van der Waals surface area contributed by atoms with Crippen LogP contribution in [0, 0.1) is 0 Å². The molecular formula is C42H24Cl4N6Na4O18S4. The average molecular weight is 1260 g/mol. The second-order valence-corrected chi connectivity index (χ2v) is 22.0. The second kappa shape index (κ2) is 27.1. The summed E-state index contributed by atoms with van der Waals surface area (Å²) in [7, 11) is -20.0. The summed E-state index contributed by atoms with van der Waals surface area (Å²) in [4.78, 5) is 50.4. The Bertz CT molecular complexity index is 3980. The van der Waals surface area contributed by atoms with E-state index >= 15 is 0 Å². The number of Topliss-reactive ketones (excluding diaryl/α,β-unsaturated/α-hetero) is 2. The van der Waals surface area contributed by atoms with Gasteiger partial charge in [0, 0.05) is 17.2 Å². The molecule has 4 N–H and O–H groups in total. The third-order valence-corrected chi connectivity index (χ3v) is 15.0. The van der Waals surface area contributed by atoms with Crippen molar-refractivity contribution < 1.29 is 199 Å². The van der Waals surface area contributed by atoms with Crippen LogP contribution < -0.4 is 149 Å². The Morgan fingerprint density at radius 3 is 1.29 bits per heavy atom. The minimum Gasteiger partial charge on any atom is -0.744 e. The van der Waals surface area contributed by atoms with E-state index in [0.717, 1.165) is 26.4 Å². The van der Waals surface area contributed by atoms with Gasteiger partial charge in [0.2, 0.25) is 11.6 Å². The molecule has 2 amide bonds. The molecule has 0 aliphatic heterocycles. The molecule has 36 heteroatoms. The third-order valence-electron chi connectivity index (χ3n) is 10.3. The number of anilines is 4. The van der Waals surface area contributed by atoms with Crippen LogP contribution in [0.5, 0.6) is 11.5 Å². The van der Waals surface area contributed by atoms with Crippen LogP contribution in [0.25, 0.3) is 12.2 Å². The molecule has 0 fully saturated rings. The molecule has 0 saturated carbocycles. The maximum absolute atomic E-state index is 14.2. The molecule has 0 aromatic heterocycles. The average Bonchev–Trinajstić information content (AvgIpc) is 3.29. The quantitative estimate of drug-likeness (QED) is 0.0456. The van der Waals surface area contributed by atoms with E-state index in [0.29, 0.717) is 36.4 Å². The first-order valence-corrected chi connectivity index (χ1v) is 26.8. The van der Waals surface area contributed by atoms with Gasteiger partial charge in [0.15, 0.2) is 0 Å². The van der Waals surface area contributed by atoms with Gasteiger partial charge in [-0.25, -0.2) is 33.7 Å². The molecule has 0 heterocycles. The number of nitrogens with one attached hydrogen (secondary N) is 4. The molecule has 0 bridgehead atoms. The van der Waals surface area contributed by atoms with Crippen molar-refractivity contribution in [1.82, 2.24) is 0 Å². The summed E-state index contributed by atoms with van der Waals surface area (Å²) in [6, 6.07) is 11.9. The molecule has 2 aliphatic rings. The molecular weight excluding hydrogens is 1240 g/mol. The summed E-state index contributed by atoms with van der Waals surface area (Å²) in [5.74, 6) is -5.62. The smallest absolute Gasteiger partial charge is 0.744 e. The summed E-state index contributed by atoms with van der Waals surface area (Å²) in [5, 5.41) is 11.7. The van der Waals surface area contributed by atoms with Crippen molar-refractivity contribution in [2.24, 2.45) is 10.2 Å². The van der Waals surface area contributed by atoms with Crippen molar-refractivity contribution in [1.29, 1.82) is 0 Å². The molecule has 7 rings (SSSR count). The van der Waals surface area contributed by atoms with E-state index in [-0.39, 0.29) is 172 Å². The molecule has 2 aliphatic carbocycles. The Hall–Kier alpha value is -2.80. The first kappa shape index (κ1) is 69.5. The molecule has 0 unspecified atom stereocenters. The van der Waals surface area contributed by atoms with Gasteiger partial charge < -0.3 is 38.3 Å². The van der Waals surface area contributed by atoms with Crippen LogP contribution >= 0.6 is 46.4 Å². The number of hydrogen-bond acceptors (Lipinski definition) is 22. The minimum absolute atomic E-state index is 0. The van der Waals surface area contributed by atoms with Crippen molar-refractivity contribution in [3.8, 4) is 11.5 Å². The first-order chi connectivity index (χ1) is 34.4. The van der Waals surface area contributed by atoms with E-state index in [1.807, 2.05) is 0 Å². The fourth-order valence-corrected chi connectivity index (χ4v) is 10.2. The van der Waals surface area contributed by atoms with E-state index in [9.17, 15) is 71.1 Å². The number of ether oxygens (including phenoxy) is 2. The van der Waals surface area contributed by atoms with Gasteiger partial charge in [-0.05, 0) is 77.9 Å². The number of ketones is 2. The zero-order valence-corrected chi connectivity index (χ0v) is 54.8. The monoisotopic (exact) mass is 1260 g/mol. The van der Waals surface area contributed by atoms with E-state index in [1.54, 1.807) is 0 Å². The molecule has 5 aromatic rings. The number of amides is 2. The van der Waals surface area contributed by atoms with Crippen LogP contribution in [-0.4, -0.2) is 101 Å². The van der Waals surface area contributed by atoms with Crippen molar-refractivity contribution in [3.05, 3.63) is 136 Å². The number of carbonyl (C=O) groups excluding carboxylic acids is 4. The Morgan fingerprint density at radius 2 is 0.923 bits per heavy atom. The fourth-order valence-electron chi connectivity index (χ4n) is 7.00. The van der Waals surface area contributed by atoms with E-state index in [4.69, 9.17) is 55.9 Å². The Balaban J connectivity index is 0.00000400. The maximum Gasteiger partial charge on any atom is 1.00 e. The molecule has 386 valence electrons. The number of hydrogen-bond donors (Lipinski definition) is 4. The maximum atomic E-state index is 14.2. The summed E-state index contributed by atoms with van der Waals surface area (Å²) >= 11 is 24.3. The van der Waals surface area contributed by atoms with Gasteiger partial charge in [-0.1, -0.05) is 52.5 Å². The van der Waals surface area contributed by atoms with Crippen molar-refractivity contribution in [2.45, 2.75) is 9.79 Å². The molecule has 0 spiro atoms. The van der Waals surface area contributed by atoms with Gasteiger partial charge in [-0.15, -0.1) is 0 Å². The molecule has 78 heavy (non-hydrogen) atoms. The number of methoxy groups -OCH3 is 2. The number of hydrazone groups is 2. The molecule has 24 nitrogen and oxygen atoms in total. The van der Waals surface area contributed by atoms with Crippen molar-refractivity contribution in [3.63, 3.8) is 0 Å². The minimum atomic E-state index is -5.69. The molecule has 5 aromatic carbocycles. The van der Waals surface area contributed by atoms with Gasteiger partial charge in [0.1, 0.15) is 74.8 Å². The van der Waals surface area contributed by atoms with Gasteiger partial charge in [-0.3, -0.25) is 30.0 Å². The first-order valence-electron chi connectivity index (χ1n) is 19.6. The van der Waals surface area contributed by atoms with Gasteiger partial charge in [-0.2, -0.15) is 10.2 Å². The van der Waals surface area contributed by atoms with E-state index < -0.39 is 129 Å². The van der Waals surface area contributed by atoms with Gasteiger partial charge in [0.25, 0.3) is 11.8 Å². The molecule has 0 atom stereocenters. The van der Waals surface area contributed by atoms with Crippen molar-refractivity contribution in [2.75, 3.05) is 35.7 Å². The van der Waals surface area contributed by atoms with E-state index in [2.05, 4.69) is 31.7 Å². The third kappa shape index (κ3) is 15.2. The normalized spacial score (nSPS) is 14.1. The zero-order chi connectivity index (χ0) is 54.6. The summed E-state index contributed by atoms with van der Waals surface area (Å²) in [6.07, 6.45) is 1.04. The zero-order valence-electron chi connectivity index (χ0n) is 40.5. The molecule has 0 radical (unpaired) electrons. The van der Waals surface area contributed by atoms with Crippen LogP contribution in [0.4, 0.5) is 22.7 Å².